The molecule has 7 heteroatoms. The molecule has 1 heterocycles. The molecule has 122 valence electrons. The van der Waals surface area contributed by atoms with E-state index in [4.69, 9.17) is 16.2 Å². The Morgan fingerprint density at radius 3 is 2.45 bits per heavy atom. The number of nitrogens with two attached hydrogens (primary N) is 2. The highest BCUT2D eigenvalue weighted by atomic mass is 35.5. The number of halogens is 1. The van der Waals surface area contributed by atoms with Crippen LogP contribution in [-0.4, -0.2) is 43.0 Å². The molecule has 1 atom stereocenters. The molecule has 6 nitrogen and oxygen atoms in total. The van der Waals surface area contributed by atoms with E-state index >= 15 is 0 Å². The first-order valence-electron chi connectivity index (χ1n) is 6.94. The third-order valence-electron chi connectivity index (χ3n) is 3.82. The second kappa shape index (κ2) is 7.47. The fourth-order valence-corrected chi connectivity index (χ4v) is 2.39. The molecule has 1 fully saturated rings. The Kier molecular flexibility index (Phi) is 6.20. The number of hydrogen-bond donors (Lipinski definition) is 2. The van der Waals surface area contributed by atoms with Crippen molar-refractivity contribution in [2.45, 2.75) is 13.3 Å². The van der Waals surface area contributed by atoms with Crippen LogP contribution in [0.4, 0.5) is 0 Å². The van der Waals surface area contributed by atoms with Gasteiger partial charge >= 0.3 is 0 Å². The van der Waals surface area contributed by atoms with E-state index in [9.17, 15) is 9.59 Å². The first-order chi connectivity index (χ1) is 9.93. The van der Waals surface area contributed by atoms with Crippen molar-refractivity contribution in [2.24, 2.45) is 16.9 Å². The average molecular weight is 328 g/mol. The van der Waals surface area contributed by atoms with Gasteiger partial charge in [-0.3, -0.25) is 9.59 Å². The van der Waals surface area contributed by atoms with E-state index < -0.39 is 5.91 Å². The largest absolute Gasteiger partial charge is 0.484 e. The Morgan fingerprint density at radius 1 is 1.32 bits per heavy atom. The maximum absolute atomic E-state index is 12.4. The molecular weight excluding hydrogens is 306 g/mol. The monoisotopic (exact) mass is 327 g/mol. The lowest BCUT2D eigenvalue weighted by Gasteiger charge is -2.22. The van der Waals surface area contributed by atoms with Crippen molar-refractivity contribution in [1.29, 1.82) is 0 Å². The van der Waals surface area contributed by atoms with E-state index in [-0.39, 0.29) is 30.3 Å². The molecule has 0 aromatic heterocycles. The number of rotatable bonds is 5. The summed E-state index contributed by atoms with van der Waals surface area (Å²) < 4.78 is 5.16. The molecule has 22 heavy (non-hydrogen) atoms. The van der Waals surface area contributed by atoms with Gasteiger partial charge in [-0.1, -0.05) is 6.92 Å². The van der Waals surface area contributed by atoms with Crippen LogP contribution in [0.25, 0.3) is 0 Å². The van der Waals surface area contributed by atoms with Crippen LogP contribution in [0.3, 0.4) is 0 Å². The molecule has 0 spiro atoms. The zero-order chi connectivity index (χ0) is 15.5. The summed E-state index contributed by atoms with van der Waals surface area (Å²) in [7, 11) is 0. The van der Waals surface area contributed by atoms with E-state index in [1.165, 1.54) is 0 Å². The molecule has 2 rings (SSSR count). The second-order valence-corrected chi connectivity index (χ2v) is 5.77. The third kappa shape index (κ3) is 4.35. The van der Waals surface area contributed by atoms with E-state index in [0.717, 1.165) is 13.0 Å². The van der Waals surface area contributed by atoms with E-state index in [1.54, 1.807) is 24.3 Å². The van der Waals surface area contributed by atoms with Crippen molar-refractivity contribution in [3.05, 3.63) is 29.8 Å². The molecule has 1 saturated heterocycles. The van der Waals surface area contributed by atoms with Crippen LogP contribution in [0, 0.1) is 5.41 Å². The van der Waals surface area contributed by atoms with Gasteiger partial charge in [0.05, 0.1) is 0 Å². The summed E-state index contributed by atoms with van der Waals surface area (Å²) in [5.74, 6) is -0.0273. The minimum Gasteiger partial charge on any atom is -0.484 e. The number of benzene rings is 1. The average Bonchev–Trinajstić information content (AvgIpc) is 2.88. The molecule has 1 aromatic carbocycles. The van der Waals surface area contributed by atoms with Gasteiger partial charge < -0.3 is 21.1 Å². The molecule has 2 amide bonds. The van der Waals surface area contributed by atoms with Gasteiger partial charge in [0.2, 0.25) is 0 Å². The van der Waals surface area contributed by atoms with Crippen molar-refractivity contribution in [3.8, 4) is 5.75 Å². The molecule has 4 N–H and O–H groups in total. The minimum absolute atomic E-state index is 0. The van der Waals surface area contributed by atoms with Crippen molar-refractivity contribution in [3.63, 3.8) is 0 Å². The third-order valence-corrected chi connectivity index (χ3v) is 3.82. The predicted octanol–water partition coefficient (Wildman–Crippen LogP) is 0.783. The van der Waals surface area contributed by atoms with Gasteiger partial charge in [-0.2, -0.15) is 0 Å². The van der Waals surface area contributed by atoms with Crippen LogP contribution in [0.5, 0.6) is 5.75 Å². The van der Waals surface area contributed by atoms with Crippen LogP contribution in [0.1, 0.15) is 23.7 Å². The smallest absolute Gasteiger partial charge is 0.255 e. The molecule has 0 bridgehead atoms. The summed E-state index contributed by atoms with van der Waals surface area (Å²) in [5, 5.41) is 0. The fourth-order valence-electron chi connectivity index (χ4n) is 2.39. The maximum atomic E-state index is 12.4. The van der Waals surface area contributed by atoms with Crippen molar-refractivity contribution in [2.75, 3.05) is 26.2 Å². The standard InChI is InChI=1S/C15H21N3O3.ClH/c1-15(9-16)6-7-18(10-15)14(20)11-2-4-12(5-3-11)21-8-13(17)19;/h2-5H,6-10,16H2,1H3,(H2,17,19);1H. The summed E-state index contributed by atoms with van der Waals surface area (Å²) in [6, 6.07) is 6.70. The Bertz CT molecular complexity index is 535. The predicted molar refractivity (Wildman–Crippen MR) is 86.1 cm³/mol. The Hall–Kier alpha value is -1.79. The van der Waals surface area contributed by atoms with Gasteiger partial charge in [0.1, 0.15) is 5.75 Å². The normalized spacial score (nSPS) is 20.4. The SMILES string of the molecule is CC1(CN)CCN(C(=O)c2ccc(OCC(N)=O)cc2)C1.Cl. The highest BCUT2D eigenvalue weighted by molar-refractivity contribution is 5.94. The molecule has 0 radical (unpaired) electrons. The zero-order valence-corrected chi connectivity index (χ0v) is 13.4. The lowest BCUT2D eigenvalue weighted by Crippen LogP contribution is -2.34. The van der Waals surface area contributed by atoms with Crippen LogP contribution < -0.4 is 16.2 Å². The van der Waals surface area contributed by atoms with Gasteiger partial charge in [0.15, 0.2) is 6.61 Å². The van der Waals surface area contributed by atoms with Crippen LogP contribution in [-0.2, 0) is 4.79 Å². The van der Waals surface area contributed by atoms with E-state index in [2.05, 4.69) is 6.92 Å². The number of carbonyl (C=O) groups is 2. The minimum atomic E-state index is -0.534. The first kappa shape index (κ1) is 18.3. The maximum Gasteiger partial charge on any atom is 0.255 e. The topological polar surface area (TPSA) is 98.7 Å². The summed E-state index contributed by atoms with van der Waals surface area (Å²) in [6.07, 6.45) is 0.926. The number of ether oxygens (including phenoxy) is 1. The van der Waals surface area contributed by atoms with E-state index in [1.807, 2.05) is 4.90 Å². The molecular formula is C15H22ClN3O3. The van der Waals surface area contributed by atoms with Gasteiger partial charge in [-0.15, -0.1) is 12.4 Å². The van der Waals surface area contributed by atoms with Gasteiger partial charge in [0, 0.05) is 18.7 Å². The zero-order valence-electron chi connectivity index (χ0n) is 12.6. The summed E-state index contributed by atoms with van der Waals surface area (Å²) in [5.41, 5.74) is 11.4. The molecule has 1 aliphatic heterocycles. The number of primary amides is 1. The lowest BCUT2D eigenvalue weighted by atomic mass is 9.90. The molecule has 1 aliphatic rings. The van der Waals surface area contributed by atoms with Gasteiger partial charge in [-0.25, -0.2) is 0 Å². The number of amides is 2. The number of carbonyl (C=O) groups excluding carboxylic acids is 2. The summed E-state index contributed by atoms with van der Waals surface area (Å²) in [6.45, 7) is 3.92. The lowest BCUT2D eigenvalue weighted by molar-refractivity contribution is -0.119. The van der Waals surface area contributed by atoms with Gasteiger partial charge in [-0.05, 0) is 42.6 Å². The van der Waals surface area contributed by atoms with Crippen molar-refractivity contribution in [1.82, 2.24) is 4.90 Å². The first-order valence-corrected chi connectivity index (χ1v) is 6.94. The number of hydrogen-bond acceptors (Lipinski definition) is 4. The number of likely N-dealkylation sites (tertiary alicyclic amines) is 1. The molecule has 1 unspecified atom stereocenters. The Morgan fingerprint density at radius 2 is 1.95 bits per heavy atom. The molecule has 1 aromatic rings. The highest BCUT2D eigenvalue weighted by Crippen LogP contribution is 2.29. The highest BCUT2D eigenvalue weighted by Gasteiger charge is 2.35. The summed E-state index contributed by atoms with van der Waals surface area (Å²) >= 11 is 0. The van der Waals surface area contributed by atoms with Crippen molar-refractivity contribution < 1.29 is 14.3 Å². The Balaban J connectivity index is 0.00000242. The second-order valence-electron chi connectivity index (χ2n) is 5.77. The Labute approximate surface area is 136 Å². The van der Waals surface area contributed by atoms with Gasteiger partial charge in [0.25, 0.3) is 11.8 Å². The molecule has 0 aliphatic carbocycles. The van der Waals surface area contributed by atoms with Crippen molar-refractivity contribution >= 4 is 24.2 Å². The van der Waals surface area contributed by atoms with Crippen LogP contribution in [0.15, 0.2) is 24.3 Å². The molecule has 0 saturated carbocycles. The summed E-state index contributed by atoms with van der Waals surface area (Å²) in [4.78, 5) is 24.9. The van der Waals surface area contributed by atoms with Crippen LogP contribution in [0.2, 0.25) is 0 Å². The fraction of sp³-hybridized carbons (Fsp3) is 0.467. The quantitative estimate of drug-likeness (QED) is 0.835. The van der Waals surface area contributed by atoms with E-state index in [0.29, 0.717) is 24.4 Å². The van der Waals surface area contributed by atoms with Crippen LogP contribution >= 0.6 is 12.4 Å². The number of nitrogens with zero attached hydrogens (tertiary/aromatic N) is 1.